The van der Waals surface area contributed by atoms with Crippen LogP contribution in [-0.4, -0.2) is 19.6 Å². The van der Waals surface area contributed by atoms with Gasteiger partial charge in [-0.3, -0.25) is 4.79 Å². The van der Waals surface area contributed by atoms with E-state index < -0.39 is 5.63 Å². The molecule has 0 saturated carbocycles. The number of rotatable bonds is 5. The first-order chi connectivity index (χ1) is 11.6. The number of amides is 1. The lowest BCUT2D eigenvalue weighted by Gasteiger charge is -2.07. The molecular formula is C18H17NO5. The second kappa shape index (κ2) is 6.62. The molecule has 6 nitrogen and oxygen atoms in total. The van der Waals surface area contributed by atoms with Gasteiger partial charge in [0, 0.05) is 30.5 Å². The minimum atomic E-state index is -0.581. The van der Waals surface area contributed by atoms with Crippen LogP contribution in [0.15, 0.2) is 50.0 Å². The van der Waals surface area contributed by atoms with Crippen LogP contribution in [0.1, 0.15) is 21.9 Å². The van der Waals surface area contributed by atoms with Gasteiger partial charge in [-0.25, -0.2) is 4.79 Å². The molecule has 124 valence electrons. The predicted octanol–water partition coefficient (Wildman–Crippen LogP) is 2.68. The smallest absolute Gasteiger partial charge is 0.337 e. The normalized spacial score (nSPS) is 10.8. The zero-order valence-corrected chi connectivity index (χ0v) is 13.4. The van der Waals surface area contributed by atoms with Crippen molar-refractivity contribution < 1.29 is 18.4 Å². The molecule has 2 heterocycles. The lowest BCUT2D eigenvalue weighted by atomic mass is 10.1. The first kappa shape index (κ1) is 15.9. The standard InChI is InChI=1S/C18H17NO5/c1-11-3-4-12(23-11)7-8-19-18(21)15-10-17(20)24-16-9-13(22-2)5-6-14(15)16/h3-6,9-10H,7-8H2,1-2H3,(H,19,21). The highest BCUT2D eigenvalue weighted by molar-refractivity contribution is 6.05. The van der Waals surface area contributed by atoms with E-state index in [1.54, 1.807) is 18.2 Å². The summed E-state index contributed by atoms with van der Waals surface area (Å²) in [5, 5.41) is 3.35. The molecule has 6 heteroatoms. The molecule has 0 radical (unpaired) electrons. The van der Waals surface area contributed by atoms with Gasteiger partial charge < -0.3 is 18.9 Å². The third kappa shape index (κ3) is 3.32. The number of aryl methyl sites for hydroxylation is 1. The lowest BCUT2D eigenvalue weighted by Crippen LogP contribution is -2.26. The van der Waals surface area contributed by atoms with Crippen LogP contribution in [-0.2, 0) is 6.42 Å². The molecular weight excluding hydrogens is 310 g/mol. The first-order valence-corrected chi connectivity index (χ1v) is 7.52. The zero-order chi connectivity index (χ0) is 17.1. The first-order valence-electron chi connectivity index (χ1n) is 7.52. The molecule has 1 amide bonds. The molecule has 0 saturated heterocycles. The fraction of sp³-hybridized carbons (Fsp3) is 0.222. The zero-order valence-electron chi connectivity index (χ0n) is 13.4. The molecule has 0 fully saturated rings. The Hall–Kier alpha value is -3.02. The Bertz CT molecular complexity index is 938. The molecule has 1 aromatic carbocycles. The summed E-state index contributed by atoms with van der Waals surface area (Å²) in [6.45, 7) is 2.27. The number of hydrogen-bond donors (Lipinski definition) is 1. The van der Waals surface area contributed by atoms with Gasteiger partial charge in [0.2, 0.25) is 0 Å². The van der Waals surface area contributed by atoms with Gasteiger partial charge in [0.15, 0.2) is 0 Å². The Morgan fingerprint density at radius 3 is 2.71 bits per heavy atom. The molecule has 1 N–H and O–H groups in total. The molecule has 0 aliphatic carbocycles. The number of carbonyl (C=O) groups excluding carboxylic acids is 1. The molecule has 0 unspecified atom stereocenters. The predicted molar refractivity (Wildman–Crippen MR) is 88.5 cm³/mol. The molecule has 24 heavy (non-hydrogen) atoms. The van der Waals surface area contributed by atoms with Crippen molar-refractivity contribution in [1.82, 2.24) is 5.32 Å². The number of benzene rings is 1. The van der Waals surface area contributed by atoms with Crippen LogP contribution in [0, 0.1) is 6.92 Å². The van der Waals surface area contributed by atoms with Crippen LogP contribution in [0.4, 0.5) is 0 Å². The van der Waals surface area contributed by atoms with E-state index in [-0.39, 0.29) is 11.5 Å². The maximum Gasteiger partial charge on any atom is 0.337 e. The highest BCUT2D eigenvalue weighted by Crippen LogP contribution is 2.22. The van der Waals surface area contributed by atoms with Crippen molar-refractivity contribution in [3.63, 3.8) is 0 Å². The van der Waals surface area contributed by atoms with Crippen molar-refractivity contribution in [2.45, 2.75) is 13.3 Å². The minimum absolute atomic E-state index is 0.277. The molecule has 3 aromatic rings. The number of fused-ring (bicyclic) bond motifs is 1. The largest absolute Gasteiger partial charge is 0.497 e. The Kier molecular flexibility index (Phi) is 4.37. The number of ether oxygens (including phenoxy) is 1. The topological polar surface area (TPSA) is 81.7 Å². The molecule has 0 bridgehead atoms. The van der Waals surface area contributed by atoms with E-state index in [4.69, 9.17) is 13.6 Å². The van der Waals surface area contributed by atoms with Gasteiger partial charge in [-0.05, 0) is 31.2 Å². The summed E-state index contributed by atoms with van der Waals surface area (Å²) in [5.74, 6) is 1.85. The van der Waals surface area contributed by atoms with Crippen LogP contribution in [0.3, 0.4) is 0 Å². The highest BCUT2D eigenvalue weighted by Gasteiger charge is 2.13. The molecule has 0 aliphatic heterocycles. The van der Waals surface area contributed by atoms with E-state index in [9.17, 15) is 9.59 Å². The SMILES string of the molecule is COc1ccc2c(C(=O)NCCc3ccc(C)o3)cc(=O)oc2c1. The summed E-state index contributed by atoms with van der Waals surface area (Å²) >= 11 is 0. The van der Waals surface area contributed by atoms with E-state index >= 15 is 0 Å². The Balaban J connectivity index is 1.80. The van der Waals surface area contributed by atoms with Crippen molar-refractivity contribution in [3.05, 3.63) is 63.9 Å². The number of hydrogen-bond acceptors (Lipinski definition) is 5. The summed E-state index contributed by atoms with van der Waals surface area (Å²) in [7, 11) is 1.52. The van der Waals surface area contributed by atoms with Gasteiger partial charge in [0.05, 0.1) is 12.7 Å². The fourth-order valence-electron chi connectivity index (χ4n) is 2.47. The van der Waals surface area contributed by atoms with Crippen molar-refractivity contribution in [1.29, 1.82) is 0 Å². The second-order valence-corrected chi connectivity index (χ2v) is 5.36. The van der Waals surface area contributed by atoms with Crippen LogP contribution < -0.4 is 15.7 Å². The van der Waals surface area contributed by atoms with E-state index in [2.05, 4.69) is 5.32 Å². The summed E-state index contributed by atoms with van der Waals surface area (Å²) in [4.78, 5) is 24.1. The van der Waals surface area contributed by atoms with Crippen LogP contribution in [0.25, 0.3) is 11.0 Å². The Labute approximate surface area is 138 Å². The monoisotopic (exact) mass is 327 g/mol. The van der Waals surface area contributed by atoms with E-state index in [1.807, 2.05) is 19.1 Å². The van der Waals surface area contributed by atoms with Gasteiger partial charge in [0.25, 0.3) is 5.91 Å². The van der Waals surface area contributed by atoms with Gasteiger partial charge >= 0.3 is 5.63 Å². The van der Waals surface area contributed by atoms with Crippen molar-refractivity contribution in [3.8, 4) is 5.75 Å². The van der Waals surface area contributed by atoms with Gasteiger partial charge in [0.1, 0.15) is 22.9 Å². The average Bonchev–Trinajstić information content (AvgIpc) is 2.98. The van der Waals surface area contributed by atoms with Gasteiger partial charge in [-0.15, -0.1) is 0 Å². The van der Waals surface area contributed by atoms with Crippen molar-refractivity contribution in [2.24, 2.45) is 0 Å². The van der Waals surface area contributed by atoms with Crippen LogP contribution in [0.5, 0.6) is 5.75 Å². The fourth-order valence-corrected chi connectivity index (χ4v) is 2.47. The molecule has 0 aliphatic rings. The molecule has 0 atom stereocenters. The summed E-state index contributed by atoms with van der Waals surface area (Å²) in [5.41, 5.74) is 0.00995. The Morgan fingerprint density at radius 2 is 2.00 bits per heavy atom. The third-order valence-corrected chi connectivity index (χ3v) is 3.65. The second-order valence-electron chi connectivity index (χ2n) is 5.36. The number of furan rings is 1. The summed E-state index contributed by atoms with van der Waals surface area (Å²) in [6, 6.07) is 9.94. The summed E-state index contributed by atoms with van der Waals surface area (Å²) in [6.07, 6.45) is 0.576. The number of methoxy groups -OCH3 is 1. The molecule has 3 rings (SSSR count). The van der Waals surface area contributed by atoms with E-state index in [1.165, 1.54) is 13.2 Å². The van der Waals surface area contributed by atoms with Crippen molar-refractivity contribution >= 4 is 16.9 Å². The lowest BCUT2D eigenvalue weighted by molar-refractivity contribution is 0.0954. The maximum absolute atomic E-state index is 12.4. The van der Waals surface area contributed by atoms with Gasteiger partial charge in [-0.1, -0.05) is 0 Å². The minimum Gasteiger partial charge on any atom is -0.497 e. The summed E-state index contributed by atoms with van der Waals surface area (Å²) < 4.78 is 15.7. The maximum atomic E-state index is 12.4. The van der Waals surface area contributed by atoms with Crippen LogP contribution in [0.2, 0.25) is 0 Å². The molecule has 2 aromatic heterocycles. The Morgan fingerprint density at radius 1 is 1.17 bits per heavy atom. The number of carbonyl (C=O) groups is 1. The number of nitrogens with one attached hydrogen (secondary N) is 1. The average molecular weight is 327 g/mol. The highest BCUT2D eigenvalue weighted by atomic mass is 16.5. The van der Waals surface area contributed by atoms with Crippen LogP contribution >= 0.6 is 0 Å². The van der Waals surface area contributed by atoms with Crippen molar-refractivity contribution in [2.75, 3.05) is 13.7 Å². The molecule has 0 spiro atoms. The third-order valence-electron chi connectivity index (χ3n) is 3.65. The van der Waals surface area contributed by atoms with E-state index in [0.29, 0.717) is 29.7 Å². The van der Waals surface area contributed by atoms with E-state index in [0.717, 1.165) is 11.5 Å². The van der Waals surface area contributed by atoms with Gasteiger partial charge in [-0.2, -0.15) is 0 Å². The quantitative estimate of drug-likeness (QED) is 0.729.